The van der Waals surface area contributed by atoms with Crippen molar-refractivity contribution in [3.8, 4) is 0 Å². The SMILES string of the molecule is c1cc2nnnnc2c2nnncc12. The van der Waals surface area contributed by atoms with E-state index in [9.17, 15) is 0 Å². The van der Waals surface area contributed by atoms with Gasteiger partial charge in [-0.3, -0.25) is 0 Å². The lowest BCUT2D eigenvalue weighted by Gasteiger charge is -1.96. The third-order valence-corrected chi connectivity index (χ3v) is 1.89. The van der Waals surface area contributed by atoms with Crippen LogP contribution in [-0.4, -0.2) is 36.0 Å². The first-order chi connectivity index (χ1) is 6.95. The maximum absolute atomic E-state index is 3.88. The molecule has 0 spiro atoms. The summed E-state index contributed by atoms with van der Waals surface area (Å²) < 4.78 is 0. The lowest BCUT2D eigenvalue weighted by molar-refractivity contribution is 0.796. The Morgan fingerprint density at radius 2 is 1.64 bits per heavy atom. The van der Waals surface area contributed by atoms with Crippen LogP contribution < -0.4 is 0 Å². The Morgan fingerprint density at radius 1 is 0.786 bits per heavy atom. The van der Waals surface area contributed by atoms with Crippen LogP contribution in [0, 0.1) is 0 Å². The van der Waals surface area contributed by atoms with E-state index in [0.717, 1.165) is 5.39 Å². The Labute approximate surface area is 77.2 Å². The molecule has 1 aromatic carbocycles. The molecular weight excluding hydrogens is 182 g/mol. The van der Waals surface area contributed by atoms with Crippen LogP contribution in [0.4, 0.5) is 0 Å². The monoisotopic (exact) mass is 185 g/mol. The summed E-state index contributed by atoms with van der Waals surface area (Å²) in [5, 5.41) is 26.5. The number of benzene rings is 1. The van der Waals surface area contributed by atoms with E-state index in [0.29, 0.717) is 16.6 Å². The van der Waals surface area contributed by atoms with Crippen molar-refractivity contribution in [1.29, 1.82) is 0 Å². The molecule has 66 valence electrons. The first-order valence-corrected chi connectivity index (χ1v) is 3.88. The van der Waals surface area contributed by atoms with Crippen molar-refractivity contribution < 1.29 is 0 Å². The minimum atomic E-state index is 0.590. The van der Waals surface area contributed by atoms with Gasteiger partial charge in [0.15, 0.2) is 0 Å². The number of nitrogens with zero attached hydrogens (tertiary/aromatic N) is 7. The third-order valence-electron chi connectivity index (χ3n) is 1.89. The number of fused-ring (bicyclic) bond motifs is 3. The minimum absolute atomic E-state index is 0.590. The highest BCUT2D eigenvalue weighted by molar-refractivity contribution is 5.99. The summed E-state index contributed by atoms with van der Waals surface area (Å²) in [5.41, 5.74) is 1.88. The molecule has 0 N–H and O–H groups in total. The summed E-state index contributed by atoms with van der Waals surface area (Å²) in [4.78, 5) is 0. The molecule has 0 saturated heterocycles. The van der Waals surface area contributed by atoms with Gasteiger partial charge in [0.25, 0.3) is 0 Å². The molecule has 0 aliphatic heterocycles. The van der Waals surface area contributed by atoms with Crippen molar-refractivity contribution in [2.75, 3.05) is 0 Å². The molecule has 0 amide bonds. The summed E-state index contributed by atoms with van der Waals surface area (Å²) in [6.45, 7) is 0. The second-order valence-electron chi connectivity index (χ2n) is 2.68. The fourth-order valence-corrected chi connectivity index (χ4v) is 1.26. The van der Waals surface area contributed by atoms with E-state index in [4.69, 9.17) is 0 Å². The van der Waals surface area contributed by atoms with Crippen LogP contribution >= 0.6 is 0 Å². The van der Waals surface area contributed by atoms with Crippen LogP contribution in [0.5, 0.6) is 0 Å². The normalized spacial score (nSPS) is 10.9. The van der Waals surface area contributed by atoms with Gasteiger partial charge in [-0.25, -0.2) is 0 Å². The van der Waals surface area contributed by atoms with E-state index >= 15 is 0 Å². The largest absolute Gasteiger partial charge is 0.143 e. The molecule has 0 aliphatic carbocycles. The van der Waals surface area contributed by atoms with Crippen LogP contribution in [0.1, 0.15) is 0 Å². The predicted molar refractivity (Wildman–Crippen MR) is 46.0 cm³/mol. The number of hydrogen-bond acceptors (Lipinski definition) is 7. The zero-order valence-electron chi connectivity index (χ0n) is 6.86. The van der Waals surface area contributed by atoms with Crippen molar-refractivity contribution in [2.45, 2.75) is 0 Å². The van der Waals surface area contributed by atoms with Crippen LogP contribution in [0.25, 0.3) is 21.9 Å². The zero-order valence-corrected chi connectivity index (χ0v) is 6.86. The summed E-state index contributed by atoms with van der Waals surface area (Å²) in [6.07, 6.45) is 1.61. The molecule has 3 rings (SSSR count). The van der Waals surface area contributed by atoms with E-state index in [-0.39, 0.29) is 0 Å². The molecular formula is C7H3N7. The molecule has 0 saturated carbocycles. The highest BCUT2D eigenvalue weighted by atomic mass is 15.4. The van der Waals surface area contributed by atoms with Gasteiger partial charge in [-0.2, -0.15) is 0 Å². The average molecular weight is 185 g/mol. The molecule has 0 radical (unpaired) electrons. The Hall–Kier alpha value is -2.31. The first-order valence-electron chi connectivity index (χ1n) is 3.88. The molecule has 3 aromatic rings. The van der Waals surface area contributed by atoms with Crippen molar-refractivity contribution >= 4 is 21.9 Å². The fourth-order valence-electron chi connectivity index (χ4n) is 1.26. The Morgan fingerprint density at radius 3 is 2.64 bits per heavy atom. The predicted octanol–water partition coefficient (Wildman–Crippen LogP) is -0.242. The minimum Gasteiger partial charge on any atom is -0.138 e. The van der Waals surface area contributed by atoms with Gasteiger partial charge in [-0.05, 0) is 27.8 Å². The number of rotatable bonds is 0. The second-order valence-corrected chi connectivity index (χ2v) is 2.68. The molecule has 0 atom stereocenters. The highest BCUT2D eigenvalue weighted by Gasteiger charge is 2.04. The molecule has 0 unspecified atom stereocenters. The lowest BCUT2D eigenvalue weighted by atomic mass is 10.2. The van der Waals surface area contributed by atoms with Crippen molar-refractivity contribution in [3.05, 3.63) is 18.3 Å². The smallest absolute Gasteiger partial charge is 0.138 e. The van der Waals surface area contributed by atoms with Crippen LogP contribution in [0.2, 0.25) is 0 Å². The maximum atomic E-state index is 3.88. The standard InChI is InChI=1S/C7H3N7/c1-2-5-7(11-14-13-9-5)6-4(1)3-8-12-10-6/h1-3H. The van der Waals surface area contributed by atoms with Gasteiger partial charge >= 0.3 is 0 Å². The van der Waals surface area contributed by atoms with E-state index < -0.39 is 0 Å². The van der Waals surface area contributed by atoms with Gasteiger partial charge in [0, 0.05) is 5.39 Å². The van der Waals surface area contributed by atoms with Gasteiger partial charge in [0.2, 0.25) is 0 Å². The molecule has 0 fully saturated rings. The molecule has 2 aromatic heterocycles. The average Bonchev–Trinajstić information content (AvgIpc) is 2.29. The molecule has 2 heterocycles. The van der Waals surface area contributed by atoms with Gasteiger partial charge in [-0.1, -0.05) is 0 Å². The molecule has 14 heavy (non-hydrogen) atoms. The number of aromatic nitrogens is 7. The van der Waals surface area contributed by atoms with Crippen molar-refractivity contribution in [1.82, 2.24) is 36.0 Å². The van der Waals surface area contributed by atoms with Gasteiger partial charge in [0.1, 0.15) is 16.6 Å². The fraction of sp³-hybridized carbons (Fsp3) is 0. The summed E-state index contributed by atoms with van der Waals surface area (Å²) in [6, 6.07) is 3.64. The van der Waals surface area contributed by atoms with Crippen molar-refractivity contribution in [2.24, 2.45) is 0 Å². The lowest BCUT2D eigenvalue weighted by Crippen LogP contribution is -1.95. The third kappa shape index (κ3) is 0.889. The topological polar surface area (TPSA) is 90.2 Å². The van der Waals surface area contributed by atoms with Gasteiger partial charge < -0.3 is 0 Å². The van der Waals surface area contributed by atoms with Crippen molar-refractivity contribution in [3.63, 3.8) is 0 Å². The van der Waals surface area contributed by atoms with E-state index in [2.05, 4.69) is 36.0 Å². The zero-order chi connectivity index (χ0) is 9.38. The van der Waals surface area contributed by atoms with Gasteiger partial charge in [0.05, 0.1) is 6.20 Å². The van der Waals surface area contributed by atoms with E-state index in [1.54, 1.807) is 12.3 Å². The Kier molecular flexibility index (Phi) is 1.32. The van der Waals surface area contributed by atoms with Crippen LogP contribution in [0.15, 0.2) is 18.3 Å². The molecule has 7 nitrogen and oxygen atoms in total. The van der Waals surface area contributed by atoms with Crippen LogP contribution in [-0.2, 0) is 0 Å². The summed E-state index contributed by atoms with van der Waals surface area (Å²) >= 11 is 0. The Balaban J connectivity index is 2.61. The number of hydrogen-bond donors (Lipinski definition) is 0. The quantitative estimate of drug-likeness (QED) is 0.446. The Bertz CT molecular complexity index is 553. The molecule has 0 aliphatic rings. The first kappa shape index (κ1) is 7.13. The highest BCUT2D eigenvalue weighted by Crippen LogP contribution is 2.16. The summed E-state index contributed by atoms with van der Waals surface area (Å²) in [5.74, 6) is 0. The molecule has 0 bridgehead atoms. The molecule has 7 heteroatoms. The van der Waals surface area contributed by atoms with E-state index in [1.165, 1.54) is 0 Å². The second kappa shape index (κ2) is 2.59. The van der Waals surface area contributed by atoms with Gasteiger partial charge in [-0.15, -0.1) is 20.4 Å². The maximum Gasteiger partial charge on any atom is 0.143 e. The van der Waals surface area contributed by atoms with Crippen LogP contribution in [0.3, 0.4) is 0 Å². The van der Waals surface area contributed by atoms with E-state index in [1.807, 2.05) is 6.07 Å². The summed E-state index contributed by atoms with van der Waals surface area (Å²) in [7, 11) is 0.